The van der Waals surface area contributed by atoms with E-state index >= 15 is 0 Å². The summed E-state index contributed by atoms with van der Waals surface area (Å²) in [6, 6.07) is 0.511. The van der Waals surface area contributed by atoms with Crippen molar-refractivity contribution in [1.82, 2.24) is 30.0 Å². The molecule has 8 nitrogen and oxygen atoms in total. The Kier molecular flexibility index (Phi) is 7.01. The van der Waals surface area contributed by atoms with Crippen LogP contribution in [0.5, 0.6) is 5.75 Å². The van der Waals surface area contributed by atoms with Crippen LogP contribution in [0.15, 0.2) is 36.9 Å². The van der Waals surface area contributed by atoms with E-state index in [1.165, 1.54) is 6.92 Å². The van der Waals surface area contributed by atoms with Gasteiger partial charge in [-0.15, -0.1) is 0 Å². The van der Waals surface area contributed by atoms with Crippen LogP contribution in [-0.4, -0.2) is 43.4 Å². The van der Waals surface area contributed by atoms with E-state index in [1.54, 1.807) is 0 Å². The number of ether oxygens (including phenoxy) is 1. The van der Waals surface area contributed by atoms with Crippen molar-refractivity contribution in [3.8, 4) is 11.7 Å². The number of benzene rings is 1. The van der Waals surface area contributed by atoms with Crippen LogP contribution >= 0.6 is 0 Å². The fourth-order valence-corrected chi connectivity index (χ4v) is 3.50. The zero-order valence-corrected chi connectivity index (χ0v) is 19.3. The van der Waals surface area contributed by atoms with Crippen LogP contribution in [0, 0.1) is 5.92 Å². The minimum Gasteiger partial charge on any atom is -0.481 e. The number of aromatic nitrogens is 5. The number of nitrogens with zero attached hydrogens (tertiary/aromatic N) is 5. The number of hydrogen-bond acceptors (Lipinski definition) is 6. The van der Waals surface area contributed by atoms with Crippen molar-refractivity contribution in [1.29, 1.82) is 0 Å². The Balaban J connectivity index is 1.54. The summed E-state index contributed by atoms with van der Waals surface area (Å²) in [6.07, 6.45) is -6.26. The van der Waals surface area contributed by atoms with Gasteiger partial charge in [0.2, 0.25) is 0 Å². The molecule has 38 heavy (non-hydrogen) atoms. The summed E-state index contributed by atoms with van der Waals surface area (Å²) in [6.45, 7) is -0.163. The number of alkyl halides is 8. The zero-order valence-electron chi connectivity index (χ0n) is 19.3. The van der Waals surface area contributed by atoms with Gasteiger partial charge in [-0.05, 0) is 38.0 Å². The predicted molar refractivity (Wildman–Crippen MR) is 112 cm³/mol. The molecule has 1 aliphatic rings. The third kappa shape index (κ3) is 6.16. The van der Waals surface area contributed by atoms with Gasteiger partial charge < -0.3 is 10.1 Å². The van der Waals surface area contributed by atoms with Crippen molar-refractivity contribution in [3.05, 3.63) is 59.4 Å². The van der Waals surface area contributed by atoms with Crippen molar-refractivity contribution < 1.29 is 44.7 Å². The highest BCUT2D eigenvalue weighted by Gasteiger charge is 2.49. The molecule has 1 atom stereocenters. The van der Waals surface area contributed by atoms with E-state index < -0.39 is 59.4 Å². The second-order valence-electron chi connectivity index (χ2n) is 8.54. The summed E-state index contributed by atoms with van der Waals surface area (Å²) in [4.78, 5) is 24.4. The van der Waals surface area contributed by atoms with Gasteiger partial charge in [0.25, 0.3) is 17.8 Å². The smallest absolute Gasteiger partial charge is 0.422 e. The van der Waals surface area contributed by atoms with Crippen LogP contribution in [0.1, 0.15) is 53.1 Å². The van der Waals surface area contributed by atoms with Crippen LogP contribution in [0.2, 0.25) is 0 Å². The van der Waals surface area contributed by atoms with Crippen LogP contribution in [0.25, 0.3) is 5.95 Å². The maximum absolute atomic E-state index is 14.6. The van der Waals surface area contributed by atoms with E-state index in [4.69, 9.17) is 0 Å². The molecule has 0 radical (unpaired) electrons. The Morgan fingerprint density at radius 3 is 2.24 bits per heavy atom. The van der Waals surface area contributed by atoms with Gasteiger partial charge in [0.15, 0.2) is 18.2 Å². The van der Waals surface area contributed by atoms with Crippen LogP contribution in [-0.2, 0) is 12.1 Å². The van der Waals surface area contributed by atoms with Gasteiger partial charge >= 0.3 is 12.4 Å². The van der Waals surface area contributed by atoms with Crippen molar-refractivity contribution in [2.24, 2.45) is 5.92 Å². The van der Waals surface area contributed by atoms with Gasteiger partial charge in [-0.2, -0.15) is 36.1 Å². The van der Waals surface area contributed by atoms with Gasteiger partial charge in [0.1, 0.15) is 6.33 Å². The molecule has 1 unspecified atom stereocenters. The van der Waals surface area contributed by atoms with E-state index in [-0.39, 0.29) is 30.4 Å². The Morgan fingerprint density at radius 2 is 1.66 bits per heavy atom. The third-order valence-electron chi connectivity index (χ3n) is 5.51. The van der Waals surface area contributed by atoms with Crippen LogP contribution in [0.4, 0.5) is 35.1 Å². The van der Waals surface area contributed by atoms with E-state index in [9.17, 15) is 39.9 Å². The molecule has 2 aromatic heterocycles. The topological polar surface area (TPSA) is 94.8 Å². The molecule has 0 saturated heterocycles. The second-order valence-corrected chi connectivity index (χ2v) is 8.54. The van der Waals surface area contributed by atoms with E-state index in [0.717, 1.165) is 29.5 Å². The lowest BCUT2D eigenvalue weighted by Gasteiger charge is -2.20. The first-order valence-corrected chi connectivity index (χ1v) is 11.0. The number of hydrogen-bond donors (Lipinski definition) is 1. The average molecular weight is 550 g/mol. The quantitative estimate of drug-likeness (QED) is 0.397. The van der Waals surface area contributed by atoms with Gasteiger partial charge in [-0.1, -0.05) is 0 Å². The van der Waals surface area contributed by atoms with Gasteiger partial charge in [-0.3, -0.25) is 4.79 Å². The molecule has 4 rings (SSSR count). The van der Waals surface area contributed by atoms with Crippen molar-refractivity contribution in [3.63, 3.8) is 0 Å². The molecule has 1 N–H and O–H groups in total. The SMILES string of the molecule is CC(NC(=O)c1cc(C(F)(F)F)cc(C(F)(F)C2CC2)c1)c1ncnn1-c1ncc(OCC(F)(F)F)cn1. The standard InChI is InChI=1S/C22H18F8N6O2/c1-11(17-33-10-34-36(17)19-31-7-16(8-32-19)38-9-20(23,24)25)35-18(37)12-4-14(21(26,27)13-2-3-13)6-15(5-12)22(28,29)30/h4-8,10-11,13H,2-3,9H2,1H3,(H,35,37). The molecule has 1 saturated carbocycles. The van der Waals surface area contributed by atoms with Gasteiger partial charge in [0.05, 0.1) is 24.0 Å². The highest BCUT2D eigenvalue weighted by Crippen LogP contribution is 2.50. The Hall–Kier alpha value is -3.85. The Morgan fingerprint density at radius 1 is 1.03 bits per heavy atom. The summed E-state index contributed by atoms with van der Waals surface area (Å²) in [7, 11) is 0. The molecule has 16 heteroatoms. The molecule has 2 heterocycles. The molecule has 204 valence electrons. The first-order valence-electron chi connectivity index (χ1n) is 11.0. The molecule has 0 spiro atoms. The third-order valence-corrected chi connectivity index (χ3v) is 5.51. The van der Waals surface area contributed by atoms with Crippen molar-refractivity contribution in [2.45, 2.75) is 44.1 Å². The van der Waals surface area contributed by atoms with E-state index in [1.807, 2.05) is 0 Å². The number of amides is 1. The summed E-state index contributed by atoms with van der Waals surface area (Å²) in [5.41, 5.74) is -2.93. The molecule has 0 aliphatic heterocycles. The first-order chi connectivity index (χ1) is 17.6. The van der Waals surface area contributed by atoms with Crippen LogP contribution < -0.4 is 10.1 Å². The van der Waals surface area contributed by atoms with Gasteiger partial charge in [-0.25, -0.2) is 23.7 Å². The Bertz CT molecular complexity index is 1300. The van der Waals surface area contributed by atoms with Crippen LogP contribution in [0.3, 0.4) is 0 Å². The fourth-order valence-electron chi connectivity index (χ4n) is 3.50. The summed E-state index contributed by atoms with van der Waals surface area (Å²) >= 11 is 0. The maximum Gasteiger partial charge on any atom is 0.422 e. The second kappa shape index (κ2) is 9.79. The highest BCUT2D eigenvalue weighted by atomic mass is 19.4. The summed E-state index contributed by atoms with van der Waals surface area (Å²) < 4.78 is 112. The molecular formula is C22H18F8N6O2. The molecule has 1 amide bonds. The van der Waals surface area contributed by atoms with Crippen molar-refractivity contribution >= 4 is 5.91 Å². The monoisotopic (exact) mass is 550 g/mol. The molecular weight excluding hydrogens is 532 g/mol. The number of halogens is 8. The molecule has 1 aromatic carbocycles. The van der Waals surface area contributed by atoms with E-state index in [2.05, 4.69) is 30.1 Å². The Labute approximate surface area is 209 Å². The van der Waals surface area contributed by atoms with Gasteiger partial charge in [0, 0.05) is 17.0 Å². The molecule has 1 aliphatic carbocycles. The number of rotatable bonds is 8. The largest absolute Gasteiger partial charge is 0.481 e. The number of nitrogens with one attached hydrogen (secondary N) is 1. The summed E-state index contributed by atoms with van der Waals surface area (Å²) in [5, 5.41) is 6.26. The maximum atomic E-state index is 14.6. The first kappa shape index (κ1) is 27.2. The molecule has 3 aromatic rings. The van der Waals surface area contributed by atoms with E-state index in [0.29, 0.717) is 12.1 Å². The predicted octanol–water partition coefficient (Wildman–Crippen LogP) is 5.01. The highest BCUT2D eigenvalue weighted by molar-refractivity contribution is 5.95. The van der Waals surface area contributed by atoms with Crippen molar-refractivity contribution in [2.75, 3.05) is 6.61 Å². The lowest BCUT2D eigenvalue weighted by Crippen LogP contribution is -2.30. The minimum absolute atomic E-state index is 0.00202. The summed E-state index contributed by atoms with van der Waals surface area (Å²) in [5.74, 6) is -6.15. The fraction of sp³-hybridized carbons (Fsp3) is 0.409. The molecule has 1 fully saturated rings. The number of carbonyl (C=O) groups excluding carboxylic acids is 1. The minimum atomic E-state index is -4.97. The average Bonchev–Trinajstić information content (AvgIpc) is 3.59. The normalized spacial score (nSPS) is 15.3. The number of carbonyl (C=O) groups is 1. The molecule has 0 bridgehead atoms. The lowest BCUT2D eigenvalue weighted by molar-refractivity contribution is -0.153. The zero-order chi connectivity index (χ0) is 27.9. The lowest BCUT2D eigenvalue weighted by atomic mass is 9.97.